The van der Waals surface area contributed by atoms with E-state index in [9.17, 15) is 55.4 Å². The molecule has 0 bridgehead atoms. The zero-order chi connectivity index (χ0) is 37.7. The lowest BCUT2D eigenvalue weighted by Gasteiger charge is -2.50. The Bertz CT molecular complexity index is 1950. The van der Waals surface area contributed by atoms with Gasteiger partial charge in [-0.2, -0.15) is 0 Å². The molecule has 3 fully saturated rings. The van der Waals surface area contributed by atoms with Crippen molar-refractivity contribution >= 4 is 58.5 Å². The van der Waals surface area contributed by atoms with Crippen molar-refractivity contribution in [3.63, 3.8) is 0 Å². The number of carbonyl (C=O) groups excluding carboxylic acids is 4. The van der Waals surface area contributed by atoms with Gasteiger partial charge in [-0.15, -0.1) is 36.4 Å². The molecule has 2 saturated heterocycles. The van der Waals surface area contributed by atoms with Crippen LogP contribution in [0.1, 0.15) is 37.2 Å². The van der Waals surface area contributed by atoms with Crippen molar-refractivity contribution in [1.29, 1.82) is 0 Å². The van der Waals surface area contributed by atoms with E-state index in [1.807, 2.05) is 0 Å². The first kappa shape index (κ1) is 36.3. The monoisotopic (exact) mass is 770 g/mol. The van der Waals surface area contributed by atoms with E-state index in [4.69, 9.17) is 28.3 Å². The van der Waals surface area contributed by atoms with Crippen LogP contribution in [-0.2, 0) is 24.0 Å². The molecule has 0 spiro atoms. The number of halogens is 10. The number of amides is 4. The highest BCUT2D eigenvalue weighted by Crippen LogP contribution is 2.67. The highest BCUT2D eigenvalue weighted by atomic mass is 35.5. The van der Waals surface area contributed by atoms with Crippen LogP contribution < -0.4 is 9.64 Å². The first-order valence-corrected chi connectivity index (χ1v) is 15.6. The highest BCUT2D eigenvalue weighted by molar-refractivity contribution is 6.58. The van der Waals surface area contributed by atoms with Gasteiger partial charge in [0, 0.05) is 24.4 Å². The minimum atomic E-state index is -5.31. The number of phenolic OH excluding ortho intramolecular Hbond substituents is 1. The maximum absolute atomic E-state index is 15.1. The third kappa shape index (κ3) is 5.23. The molecule has 2 aliphatic heterocycles. The molecule has 2 aromatic rings. The number of ether oxygens (including phenoxy) is 1. The Labute approximate surface area is 290 Å². The highest BCUT2D eigenvalue weighted by Gasteiger charge is 2.77. The smallest absolute Gasteiger partial charge is 0.508 e. The summed E-state index contributed by atoms with van der Waals surface area (Å²) in [5.41, 5.74) is -2.91. The van der Waals surface area contributed by atoms with E-state index >= 15 is 8.78 Å². The summed E-state index contributed by atoms with van der Waals surface area (Å²) in [5, 5.41) is 20.0. The molecule has 2 aromatic carbocycles. The van der Waals surface area contributed by atoms with E-state index in [0.717, 1.165) is 4.90 Å². The second-order valence-electron chi connectivity index (χ2n) is 12.3. The summed E-state index contributed by atoms with van der Waals surface area (Å²) in [6.07, 6.45) is -5.83. The molecule has 0 aromatic heterocycles. The number of fused-ring (bicyclic) bond motifs is 4. The predicted octanol–water partition coefficient (Wildman–Crippen LogP) is 5.41. The molecule has 2 N–H and O–H groups in total. The lowest BCUT2D eigenvalue weighted by molar-refractivity contribution is -0.274. The third-order valence-corrected chi connectivity index (χ3v) is 11.0. The number of phenols is 1. The Kier molecular flexibility index (Phi) is 8.60. The Morgan fingerprint density at radius 1 is 0.922 bits per heavy atom. The fraction of sp³-hybridized carbons (Fsp3) is 0.387. The van der Waals surface area contributed by atoms with Crippen LogP contribution in [0, 0.1) is 46.8 Å². The summed E-state index contributed by atoms with van der Waals surface area (Å²) >= 11 is 13.8. The van der Waals surface area contributed by atoms with Gasteiger partial charge < -0.3 is 14.9 Å². The maximum Gasteiger partial charge on any atom is 0.573 e. The Balaban J connectivity index is 1.56. The second kappa shape index (κ2) is 12.1. The third-order valence-electron chi connectivity index (χ3n) is 9.63. The van der Waals surface area contributed by atoms with E-state index in [-0.39, 0.29) is 25.0 Å². The van der Waals surface area contributed by atoms with Gasteiger partial charge in [0.1, 0.15) is 17.2 Å². The van der Waals surface area contributed by atoms with Crippen molar-refractivity contribution in [1.82, 2.24) is 4.90 Å². The molecule has 1 saturated carbocycles. The van der Waals surface area contributed by atoms with Crippen LogP contribution in [0.25, 0.3) is 0 Å². The van der Waals surface area contributed by atoms with Crippen LogP contribution >= 0.6 is 23.2 Å². The number of imide groups is 2. The van der Waals surface area contributed by atoms with Crippen molar-refractivity contribution in [2.75, 3.05) is 11.4 Å². The van der Waals surface area contributed by atoms with Gasteiger partial charge in [-0.05, 0) is 43.4 Å². The van der Waals surface area contributed by atoms with Crippen molar-refractivity contribution in [2.45, 2.75) is 47.7 Å². The van der Waals surface area contributed by atoms with Gasteiger partial charge in [0.15, 0.2) is 33.0 Å². The van der Waals surface area contributed by atoms with Crippen molar-refractivity contribution in [3.8, 4) is 11.5 Å². The van der Waals surface area contributed by atoms with Crippen LogP contribution in [-0.4, -0.2) is 67.4 Å². The Morgan fingerprint density at radius 3 is 2.12 bits per heavy atom. The van der Waals surface area contributed by atoms with E-state index in [0.29, 0.717) is 18.2 Å². The maximum atomic E-state index is 15.1. The molecule has 0 unspecified atom stereocenters. The van der Waals surface area contributed by atoms with E-state index in [1.54, 1.807) is 0 Å². The number of benzene rings is 2. The van der Waals surface area contributed by atoms with Crippen LogP contribution in [0.15, 0.2) is 29.8 Å². The molecule has 4 amide bonds. The quantitative estimate of drug-likeness (QED) is 0.0951. The number of aromatic hydroxyl groups is 1. The number of carboxylic acid groups (broad SMARTS) is 1. The molecule has 2 heterocycles. The van der Waals surface area contributed by atoms with Gasteiger partial charge in [0.25, 0.3) is 11.8 Å². The van der Waals surface area contributed by atoms with Crippen LogP contribution in [0.5, 0.6) is 11.5 Å². The lowest BCUT2D eigenvalue weighted by atomic mass is 9.56. The largest absolute Gasteiger partial charge is 0.573 e. The minimum absolute atomic E-state index is 0.143. The molecule has 51 heavy (non-hydrogen) atoms. The summed E-state index contributed by atoms with van der Waals surface area (Å²) in [6.45, 7) is -0.350. The minimum Gasteiger partial charge on any atom is -0.508 e. The number of hydrogen-bond donors (Lipinski definition) is 2. The molecule has 272 valence electrons. The number of carbonyl (C=O) groups is 5. The van der Waals surface area contributed by atoms with Crippen LogP contribution in [0.4, 0.5) is 40.8 Å². The van der Waals surface area contributed by atoms with Gasteiger partial charge >= 0.3 is 12.3 Å². The number of anilines is 1. The fourth-order valence-corrected chi connectivity index (χ4v) is 8.47. The van der Waals surface area contributed by atoms with Crippen molar-refractivity contribution in [2.24, 2.45) is 17.8 Å². The molecular weight excluding hydrogens is 751 g/mol. The Hall–Kier alpha value is -4.45. The number of hydrogen-bond acceptors (Lipinski definition) is 7. The van der Waals surface area contributed by atoms with Crippen molar-refractivity contribution in [3.05, 3.63) is 64.5 Å². The zero-order valence-electron chi connectivity index (χ0n) is 25.2. The van der Waals surface area contributed by atoms with Gasteiger partial charge in [0.05, 0.1) is 11.8 Å². The van der Waals surface area contributed by atoms with Gasteiger partial charge in [-0.25, -0.2) is 26.9 Å². The number of aliphatic carboxylic acids is 1. The number of carboxylic acids is 1. The SMILES string of the molecule is O=C(O)CCCN1C(=O)[C@H]2[C@H](CC=C3[C@H]2C[C@@]2(Cl)C(=O)N(c4c(F)c(F)c(F)c(F)c4F)C(=O)[C@@]2(Cl)[C@H]3c2cc(OC(F)(F)F)ccc2O)C1=O. The molecule has 4 aliphatic rings. The van der Waals surface area contributed by atoms with Gasteiger partial charge in [-0.1, -0.05) is 11.6 Å². The predicted molar refractivity (Wildman–Crippen MR) is 155 cm³/mol. The van der Waals surface area contributed by atoms with E-state index in [1.165, 1.54) is 6.08 Å². The summed E-state index contributed by atoms with van der Waals surface area (Å²) in [7, 11) is 0. The Morgan fingerprint density at radius 2 is 1.53 bits per heavy atom. The molecule has 6 rings (SSSR count). The molecule has 20 heteroatoms. The first-order chi connectivity index (χ1) is 23.7. The van der Waals surface area contributed by atoms with Crippen LogP contribution in [0.3, 0.4) is 0 Å². The normalized spacial score (nSPS) is 28.9. The number of alkyl halides is 5. The number of allylic oxidation sites excluding steroid dienone is 2. The van der Waals surface area contributed by atoms with Gasteiger partial charge in [0.2, 0.25) is 17.6 Å². The number of rotatable bonds is 7. The van der Waals surface area contributed by atoms with Crippen LogP contribution in [0.2, 0.25) is 0 Å². The lowest BCUT2D eigenvalue weighted by Crippen LogP contribution is -2.60. The summed E-state index contributed by atoms with van der Waals surface area (Å²) < 4.78 is 117. The second-order valence-corrected chi connectivity index (χ2v) is 13.5. The molecule has 10 nitrogen and oxygen atoms in total. The van der Waals surface area contributed by atoms with E-state index < -0.39 is 139 Å². The standard InChI is InChI=1S/C31H20Cl2F8N2O8/c32-29-9-14-11(4-5-12-17(14)26(48)42(25(12)47)7-1-2-16(45)46)18(13-8-10(3-6-15(13)44)51-31(39,40)41)30(29,33)28(50)43(27(29)49)24-22(37)20(35)19(34)21(36)23(24)38/h3-4,6,8,12,14,17-18,44H,1-2,5,7,9H2,(H,45,46)/t12-,14+,17-,18+,29+,30-/m0/s1. The van der Waals surface area contributed by atoms with E-state index in [2.05, 4.69) is 4.74 Å². The topological polar surface area (TPSA) is 142 Å². The molecule has 0 radical (unpaired) electrons. The first-order valence-electron chi connectivity index (χ1n) is 14.8. The van der Waals surface area contributed by atoms with Crippen molar-refractivity contribution < 1.29 is 74.0 Å². The number of nitrogens with zero attached hydrogens (tertiary/aromatic N) is 2. The van der Waals surface area contributed by atoms with Gasteiger partial charge in [-0.3, -0.25) is 28.9 Å². The zero-order valence-corrected chi connectivity index (χ0v) is 26.7. The average molecular weight is 771 g/mol. The summed E-state index contributed by atoms with van der Waals surface area (Å²) in [5.74, 6) is -27.7. The fourth-order valence-electron chi connectivity index (χ4n) is 7.55. The number of likely N-dealkylation sites (tertiary alicyclic amines) is 1. The molecular formula is C31H20Cl2F8N2O8. The summed E-state index contributed by atoms with van der Waals surface area (Å²) in [6, 6.07) is 1.90. The summed E-state index contributed by atoms with van der Waals surface area (Å²) in [4.78, 5) is 60.8. The molecule has 6 atom stereocenters. The molecule has 2 aliphatic carbocycles. The average Bonchev–Trinajstić information content (AvgIpc) is 3.37.